The van der Waals surface area contributed by atoms with E-state index < -0.39 is 34.8 Å². The molecule has 0 amide bonds. The molecule has 0 radical (unpaired) electrons. The van der Waals surface area contributed by atoms with E-state index >= 15 is 0 Å². The molecule has 0 spiro atoms. The molecule has 0 aromatic heterocycles. The molecule has 0 heterocycles. The van der Waals surface area contributed by atoms with Crippen LogP contribution in [-0.4, -0.2) is 12.3 Å². The SMILES string of the molecule is Fc1c(F)c(F)c(NCCSc2ccccc2)c(F)c1F. The molecule has 0 bridgehead atoms. The Morgan fingerprint density at radius 2 is 1.29 bits per heavy atom. The Morgan fingerprint density at radius 3 is 1.86 bits per heavy atom. The zero-order valence-electron chi connectivity index (χ0n) is 10.6. The van der Waals surface area contributed by atoms with Crippen LogP contribution in [-0.2, 0) is 0 Å². The molecule has 0 fully saturated rings. The molecule has 0 aliphatic carbocycles. The van der Waals surface area contributed by atoms with Crippen molar-refractivity contribution in [3.63, 3.8) is 0 Å². The highest BCUT2D eigenvalue weighted by atomic mass is 32.2. The molecule has 0 saturated heterocycles. The smallest absolute Gasteiger partial charge is 0.200 e. The van der Waals surface area contributed by atoms with Gasteiger partial charge in [-0.15, -0.1) is 11.8 Å². The van der Waals surface area contributed by atoms with E-state index in [4.69, 9.17) is 0 Å². The third kappa shape index (κ3) is 3.47. The maximum atomic E-state index is 13.4. The first-order chi connectivity index (χ1) is 10.0. The summed E-state index contributed by atoms with van der Waals surface area (Å²) in [5, 5.41) is 2.24. The summed E-state index contributed by atoms with van der Waals surface area (Å²) in [6, 6.07) is 9.21. The van der Waals surface area contributed by atoms with Crippen LogP contribution in [0.5, 0.6) is 0 Å². The Morgan fingerprint density at radius 1 is 0.762 bits per heavy atom. The van der Waals surface area contributed by atoms with E-state index in [-0.39, 0.29) is 6.54 Å². The van der Waals surface area contributed by atoms with E-state index in [0.717, 1.165) is 4.90 Å². The van der Waals surface area contributed by atoms with Crippen LogP contribution in [0.3, 0.4) is 0 Å². The van der Waals surface area contributed by atoms with E-state index in [1.807, 2.05) is 30.3 Å². The van der Waals surface area contributed by atoms with Gasteiger partial charge in [-0.25, -0.2) is 22.0 Å². The number of hydrogen-bond donors (Lipinski definition) is 1. The van der Waals surface area contributed by atoms with Gasteiger partial charge in [-0.3, -0.25) is 0 Å². The second-order valence-corrected chi connectivity index (χ2v) is 5.20. The first kappa shape index (κ1) is 15.6. The standard InChI is InChI=1S/C14H10F5NS/c15-9-10(16)12(18)14(13(19)11(9)17)20-6-7-21-8-4-2-1-3-5-8/h1-5,20H,6-7H2. The van der Waals surface area contributed by atoms with Gasteiger partial charge in [0.25, 0.3) is 0 Å². The number of benzene rings is 2. The van der Waals surface area contributed by atoms with E-state index in [2.05, 4.69) is 5.32 Å². The molecule has 21 heavy (non-hydrogen) atoms. The highest BCUT2D eigenvalue weighted by molar-refractivity contribution is 7.99. The molecule has 2 rings (SSSR count). The van der Waals surface area contributed by atoms with Gasteiger partial charge < -0.3 is 5.32 Å². The van der Waals surface area contributed by atoms with E-state index in [1.165, 1.54) is 11.8 Å². The summed E-state index contributed by atoms with van der Waals surface area (Å²) in [5.41, 5.74) is -1.000. The summed E-state index contributed by atoms with van der Waals surface area (Å²) < 4.78 is 65.5. The molecular weight excluding hydrogens is 309 g/mol. The molecule has 7 heteroatoms. The molecule has 0 unspecified atom stereocenters. The maximum absolute atomic E-state index is 13.4. The molecule has 0 atom stereocenters. The largest absolute Gasteiger partial charge is 0.379 e. The second kappa shape index (κ2) is 6.80. The van der Waals surface area contributed by atoms with Crippen molar-refractivity contribution in [2.75, 3.05) is 17.6 Å². The Bertz CT molecular complexity index is 604. The number of hydrogen-bond acceptors (Lipinski definition) is 2. The molecular formula is C14H10F5NS. The van der Waals surface area contributed by atoms with Crippen molar-refractivity contribution >= 4 is 17.4 Å². The van der Waals surface area contributed by atoms with Crippen molar-refractivity contribution < 1.29 is 22.0 Å². The van der Waals surface area contributed by atoms with Gasteiger partial charge in [-0.2, -0.15) is 0 Å². The fourth-order valence-electron chi connectivity index (χ4n) is 1.62. The van der Waals surface area contributed by atoms with Crippen LogP contribution in [0.25, 0.3) is 0 Å². The first-order valence-electron chi connectivity index (χ1n) is 5.95. The quantitative estimate of drug-likeness (QED) is 0.284. The normalized spacial score (nSPS) is 10.7. The minimum Gasteiger partial charge on any atom is -0.379 e. The van der Waals surface area contributed by atoms with Crippen LogP contribution < -0.4 is 5.32 Å². The van der Waals surface area contributed by atoms with Crippen LogP contribution in [0.1, 0.15) is 0 Å². The summed E-state index contributed by atoms with van der Waals surface area (Å²) in [6.07, 6.45) is 0. The minimum atomic E-state index is -2.16. The van der Waals surface area contributed by atoms with Gasteiger partial charge in [0, 0.05) is 17.2 Å². The van der Waals surface area contributed by atoms with Crippen molar-refractivity contribution in [3.8, 4) is 0 Å². The lowest BCUT2D eigenvalue weighted by molar-refractivity contribution is 0.381. The molecule has 2 aromatic rings. The van der Waals surface area contributed by atoms with Crippen molar-refractivity contribution in [1.82, 2.24) is 0 Å². The minimum absolute atomic E-state index is 0.0535. The van der Waals surface area contributed by atoms with Crippen LogP contribution >= 0.6 is 11.8 Å². The van der Waals surface area contributed by atoms with E-state index in [9.17, 15) is 22.0 Å². The highest BCUT2D eigenvalue weighted by Gasteiger charge is 2.25. The van der Waals surface area contributed by atoms with Crippen molar-refractivity contribution in [3.05, 3.63) is 59.4 Å². The third-order valence-electron chi connectivity index (χ3n) is 2.63. The lowest BCUT2D eigenvalue weighted by Gasteiger charge is -2.10. The number of rotatable bonds is 5. The molecule has 1 nitrogen and oxygen atoms in total. The zero-order chi connectivity index (χ0) is 15.4. The Kier molecular flexibility index (Phi) is 5.06. The fraction of sp³-hybridized carbons (Fsp3) is 0.143. The van der Waals surface area contributed by atoms with E-state index in [1.54, 1.807) is 0 Å². The third-order valence-corrected chi connectivity index (χ3v) is 3.64. The van der Waals surface area contributed by atoms with Crippen molar-refractivity contribution in [2.24, 2.45) is 0 Å². The maximum Gasteiger partial charge on any atom is 0.200 e. The molecule has 0 aliphatic rings. The van der Waals surface area contributed by atoms with Gasteiger partial charge >= 0.3 is 0 Å². The van der Waals surface area contributed by atoms with Crippen molar-refractivity contribution in [2.45, 2.75) is 4.90 Å². The van der Waals surface area contributed by atoms with E-state index in [0.29, 0.717) is 5.75 Å². The van der Waals surface area contributed by atoms with Gasteiger partial charge in [0.1, 0.15) is 5.69 Å². The predicted molar refractivity (Wildman–Crippen MR) is 71.9 cm³/mol. The molecule has 112 valence electrons. The number of nitrogens with one attached hydrogen (secondary N) is 1. The van der Waals surface area contributed by atoms with Gasteiger partial charge in [0.15, 0.2) is 23.3 Å². The van der Waals surface area contributed by atoms with Gasteiger partial charge in [0.2, 0.25) is 5.82 Å². The highest BCUT2D eigenvalue weighted by Crippen LogP contribution is 2.27. The summed E-state index contributed by atoms with van der Waals surface area (Å²) in [5.74, 6) is -9.36. The molecule has 2 aromatic carbocycles. The van der Waals surface area contributed by atoms with Crippen LogP contribution in [0.15, 0.2) is 35.2 Å². The lowest BCUT2D eigenvalue weighted by atomic mass is 10.2. The average molecular weight is 319 g/mol. The number of anilines is 1. The molecule has 0 saturated carbocycles. The number of halogens is 5. The Hall–Kier alpha value is -1.76. The predicted octanol–water partition coefficient (Wildman–Crippen LogP) is 4.59. The summed E-state index contributed by atoms with van der Waals surface area (Å²) in [6.45, 7) is 0.0535. The van der Waals surface area contributed by atoms with Gasteiger partial charge in [-0.05, 0) is 12.1 Å². The van der Waals surface area contributed by atoms with Crippen molar-refractivity contribution in [1.29, 1.82) is 0 Å². The molecule has 0 aliphatic heterocycles. The summed E-state index contributed by atoms with van der Waals surface area (Å²) in [7, 11) is 0. The molecule has 1 N–H and O–H groups in total. The Labute approximate surface area is 122 Å². The Balaban J connectivity index is 2.01. The monoisotopic (exact) mass is 319 g/mol. The van der Waals surface area contributed by atoms with Crippen LogP contribution in [0, 0.1) is 29.1 Å². The van der Waals surface area contributed by atoms with Crippen LogP contribution in [0.4, 0.5) is 27.6 Å². The number of thioether (sulfide) groups is 1. The lowest BCUT2D eigenvalue weighted by Crippen LogP contribution is -2.12. The van der Waals surface area contributed by atoms with Crippen LogP contribution in [0.2, 0.25) is 0 Å². The second-order valence-electron chi connectivity index (χ2n) is 4.03. The first-order valence-corrected chi connectivity index (χ1v) is 6.94. The van der Waals surface area contributed by atoms with Gasteiger partial charge in [-0.1, -0.05) is 18.2 Å². The zero-order valence-corrected chi connectivity index (χ0v) is 11.4. The average Bonchev–Trinajstić information content (AvgIpc) is 2.51. The fourth-order valence-corrected chi connectivity index (χ4v) is 2.41. The summed E-state index contributed by atoms with van der Waals surface area (Å²) in [4.78, 5) is 0.941. The topological polar surface area (TPSA) is 12.0 Å². The summed E-state index contributed by atoms with van der Waals surface area (Å²) >= 11 is 1.39. The van der Waals surface area contributed by atoms with Gasteiger partial charge in [0.05, 0.1) is 0 Å².